The van der Waals surface area contributed by atoms with E-state index in [4.69, 9.17) is 16.7 Å². The molecule has 0 saturated carbocycles. The monoisotopic (exact) mass is 296 g/mol. The zero-order valence-electron chi connectivity index (χ0n) is 10.3. The Morgan fingerprint density at radius 2 is 2.37 bits per heavy atom. The maximum atomic E-state index is 11.0. The highest BCUT2D eigenvalue weighted by atomic mass is 35.5. The Bertz CT molecular complexity index is 572. The number of hydrogen-bond donors (Lipinski definition) is 2. The number of pyridine rings is 1. The van der Waals surface area contributed by atoms with Crippen molar-refractivity contribution < 1.29 is 9.90 Å². The van der Waals surface area contributed by atoms with E-state index in [1.165, 1.54) is 17.0 Å². The van der Waals surface area contributed by atoms with Crippen LogP contribution < -0.4 is 5.32 Å². The first-order chi connectivity index (χ1) is 9.10. The van der Waals surface area contributed by atoms with Crippen molar-refractivity contribution in [1.29, 1.82) is 0 Å². The zero-order valence-corrected chi connectivity index (χ0v) is 11.8. The smallest absolute Gasteiger partial charge is 0.335 e. The van der Waals surface area contributed by atoms with E-state index in [2.05, 4.69) is 17.2 Å². The van der Waals surface area contributed by atoms with E-state index < -0.39 is 5.97 Å². The van der Waals surface area contributed by atoms with Gasteiger partial charge < -0.3 is 10.4 Å². The average Bonchev–Trinajstić information content (AvgIpc) is 2.89. The van der Waals surface area contributed by atoms with Gasteiger partial charge in [0.1, 0.15) is 11.0 Å². The van der Waals surface area contributed by atoms with Crippen LogP contribution in [-0.2, 0) is 0 Å². The minimum absolute atomic E-state index is 0.104. The Kier molecular flexibility index (Phi) is 4.39. The first-order valence-electron chi connectivity index (χ1n) is 5.81. The van der Waals surface area contributed by atoms with Crippen LogP contribution in [0.3, 0.4) is 0 Å². The third kappa shape index (κ3) is 3.45. The van der Waals surface area contributed by atoms with E-state index in [-0.39, 0.29) is 16.8 Å². The molecule has 0 amide bonds. The standard InChI is InChI=1S/C13H13ClN2O2S/c1-2-9(10-4-3-5-19-10)15-12-7-8(13(17)18)6-11(14)16-12/h3-7,9H,2H2,1H3,(H,15,16)(H,17,18). The predicted octanol–water partition coefficient (Wildman–Crippen LogP) is 4.06. The van der Waals surface area contributed by atoms with Crippen LogP contribution in [-0.4, -0.2) is 16.1 Å². The fourth-order valence-electron chi connectivity index (χ4n) is 1.74. The third-order valence-corrected chi connectivity index (χ3v) is 3.84. The summed E-state index contributed by atoms with van der Waals surface area (Å²) in [5, 5.41) is 14.4. The van der Waals surface area contributed by atoms with E-state index in [1.807, 2.05) is 17.5 Å². The fraction of sp³-hybridized carbons (Fsp3) is 0.231. The highest BCUT2D eigenvalue weighted by molar-refractivity contribution is 7.10. The first-order valence-corrected chi connectivity index (χ1v) is 7.06. The number of hydrogen-bond acceptors (Lipinski definition) is 4. The summed E-state index contributed by atoms with van der Waals surface area (Å²) < 4.78 is 0. The quantitative estimate of drug-likeness (QED) is 0.817. The Labute approximate surface area is 120 Å². The van der Waals surface area contributed by atoms with Crippen molar-refractivity contribution in [3.8, 4) is 0 Å². The third-order valence-electron chi connectivity index (χ3n) is 2.66. The van der Waals surface area contributed by atoms with Gasteiger partial charge in [0.05, 0.1) is 11.6 Å². The molecule has 0 fully saturated rings. The number of rotatable bonds is 5. The van der Waals surface area contributed by atoms with E-state index in [0.29, 0.717) is 5.82 Å². The lowest BCUT2D eigenvalue weighted by molar-refractivity contribution is 0.0697. The molecule has 0 aliphatic heterocycles. The molecule has 0 radical (unpaired) electrons. The van der Waals surface area contributed by atoms with Gasteiger partial charge in [-0.25, -0.2) is 9.78 Å². The van der Waals surface area contributed by atoms with Crippen LogP contribution in [0.25, 0.3) is 0 Å². The molecule has 2 N–H and O–H groups in total. The number of nitrogens with one attached hydrogen (secondary N) is 1. The lowest BCUT2D eigenvalue weighted by Crippen LogP contribution is -2.10. The Hall–Kier alpha value is -1.59. The number of nitrogens with zero attached hydrogens (tertiary/aromatic N) is 1. The number of carboxylic acid groups (broad SMARTS) is 1. The lowest BCUT2D eigenvalue weighted by Gasteiger charge is -2.16. The van der Waals surface area contributed by atoms with Crippen molar-refractivity contribution in [2.24, 2.45) is 0 Å². The van der Waals surface area contributed by atoms with Crippen LogP contribution >= 0.6 is 22.9 Å². The Balaban J connectivity index is 2.24. The first kappa shape index (κ1) is 13.8. The number of aromatic nitrogens is 1. The molecule has 2 heterocycles. The summed E-state index contributed by atoms with van der Waals surface area (Å²) in [5.41, 5.74) is 0.128. The molecule has 100 valence electrons. The van der Waals surface area contributed by atoms with Crippen LogP contribution in [0, 0.1) is 0 Å². The molecular formula is C13H13ClN2O2S. The molecule has 19 heavy (non-hydrogen) atoms. The van der Waals surface area contributed by atoms with Gasteiger partial charge in [-0.3, -0.25) is 0 Å². The van der Waals surface area contributed by atoms with Crippen molar-refractivity contribution in [3.63, 3.8) is 0 Å². The van der Waals surface area contributed by atoms with Gasteiger partial charge in [0.25, 0.3) is 0 Å². The molecule has 0 aromatic carbocycles. The van der Waals surface area contributed by atoms with Crippen LogP contribution in [0.4, 0.5) is 5.82 Å². The van der Waals surface area contributed by atoms with E-state index in [1.54, 1.807) is 11.3 Å². The van der Waals surface area contributed by atoms with Gasteiger partial charge >= 0.3 is 5.97 Å². The number of thiophene rings is 1. The van der Waals surface area contributed by atoms with Gasteiger partial charge in [-0.05, 0) is 30.0 Å². The van der Waals surface area contributed by atoms with E-state index in [0.717, 1.165) is 6.42 Å². The van der Waals surface area contributed by atoms with Gasteiger partial charge in [-0.15, -0.1) is 11.3 Å². The highest BCUT2D eigenvalue weighted by Crippen LogP contribution is 2.26. The minimum Gasteiger partial charge on any atom is -0.478 e. The minimum atomic E-state index is -1.02. The molecule has 0 spiro atoms. The zero-order chi connectivity index (χ0) is 13.8. The van der Waals surface area contributed by atoms with Crippen molar-refractivity contribution in [2.75, 3.05) is 5.32 Å². The molecule has 0 aliphatic rings. The summed E-state index contributed by atoms with van der Waals surface area (Å²) in [6.07, 6.45) is 0.872. The largest absolute Gasteiger partial charge is 0.478 e. The summed E-state index contributed by atoms with van der Waals surface area (Å²) >= 11 is 7.48. The number of carbonyl (C=O) groups is 1. The van der Waals surface area contributed by atoms with E-state index >= 15 is 0 Å². The highest BCUT2D eigenvalue weighted by Gasteiger charge is 2.13. The number of carboxylic acids is 1. The Morgan fingerprint density at radius 3 is 2.95 bits per heavy atom. The summed E-state index contributed by atoms with van der Waals surface area (Å²) in [4.78, 5) is 16.3. The molecule has 2 rings (SSSR count). The van der Waals surface area contributed by atoms with Gasteiger partial charge in [-0.2, -0.15) is 0 Å². The van der Waals surface area contributed by atoms with Crippen LogP contribution in [0.1, 0.15) is 34.6 Å². The van der Waals surface area contributed by atoms with Gasteiger partial charge in [-0.1, -0.05) is 24.6 Å². The van der Waals surface area contributed by atoms with Gasteiger partial charge in [0.15, 0.2) is 0 Å². The van der Waals surface area contributed by atoms with Crippen molar-refractivity contribution >= 4 is 34.7 Å². The summed E-state index contributed by atoms with van der Waals surface area (Å²) in [6, 6.07) is 6.95. The van der Waals surface area contributed by atoms with Crippen molar-refractivity contribution in [3.05, 3.63) is 45.2 Å². The number of aromatic carboxylic acids is 1. The number of halogens is 1. The Morgan fingerprint density at radius 1 is 1.58 bits per heavy atom. The molecular weight excluding hydrogens is 284 g/mol. The second kappa shape index (κ2) is 6.04. The van der Waals surface area contributed by atoms with Crippen LogP contribution in [0.5, 0.6) is 0 Å². The van der Waals surface area contributed by atoms with Gasteiger partial charge in [0.2, 0.25) is 0 Å². The predicted molar refractivity (Wildman–Crippen MR) is 77.2 cm³/mol. The summed E-state index contributed by atoms with van der Waals surface area (Å²) in [5.74, 6) is -0.540. The molecule has 0 aliphatic carbocycles. The van der Waals surface area contributed by atoms with Crippen LogP contribution in [0.15, 0.2) is 29.6 Å². The summed E-state index contributed by atoms with van der Waals surface area (Å²) in [6.45, 7) is 2.06. The maximum absolute atomic E-state index is 11.0. The second-order valence-electron chi connectivity index (χ2n) is 3.99. The molecule has 2 aromatic heterocycles. The SMILES string of the molecule is CCC(Nc1cc(C(=O)O)cc(Cl)n1)c1cccs1. The molecule has 4 nitrogen and oxygen atoms in total. The lowest BCUT2D eigenvalue weighted by atomic mass is 10.2. The summed E-state index contributed by atoms with van der Waals surface area (Å²) in [7, 11) is 0. The number of anilines is 1. The van der Waals surface area contributed by atoms with Crippen LogP contribution in [0.2, 0.25) is 5.15 Å². The van der Waals surface area contributed by atoms with Crippen molar-refractivity contribution in [2.45, 2.75) is 19.4 Å². The fourth-order valence-corrected chi connectivity index (χ4v) is 2.81. The van der Waals surface area contributed by atoms with Crippen molar-refractivity contribution in [1.82, 2.24) is 4.98 Å². The van der Waals surface area contributed by atoms with Gasteiger partial charge in [0, 0.05) is 4.88 Å². The molecule has 1 unspecified atom stereocenters. The normalized spacial score (nSPS) is 12.1. The topological polar surface area (TPSA) is 62.2 Å². The molecule has 0 bridgehead atoms. The molecule has 6 heteroatoms. The van der Waals surface area contributed by atoms with E-state index in [9.17, 15) is 4.79 Å². The molecule has 2 aromatic rings. The average molecular weight is 297 g/mol. The molecule has 1 atom stereocenters. The second-order valence-corrected chi connectivity index (χ2v) is 5.36. The molecule has 0 saturated heterocycles. The maximum Gasteiger partial charge on any atom is 0.335 e.